The molecule has 0 heterocycles. The van der Waals surface area contributed by atoms with Crippen LogP contribution in [0.3, 0.4) is 0 Å². The third kappa shape index (κ3) is 12.2. The molecule has 0 saturated carbocycles. The molecule has 2 atom stereocenters. The lowest BCUT2D eigenvalue weighted by Gasteiger charge is -2.22. The van der Waals surface area contributed by atoms with Crippen molar-refractivity contribution in [1.82, 2.24) is 0 Å². The molecule has 9 nitrogen and oxygen atoms in total. The van der Waals surface area contributed by atoms with Crippen LogP contribution >= 0.6 is 24.8 Å². The molecule has 0 aliphatic heterocycles. The Hall–Kier alpha value is -0.960. The Morgan fingerprint density at radius 1 is 0.778 bits per heavy atom. The Kier molecular flexibility index (Phi) is 23.4. The molecular formula is C12H28Cl2F4N4O5. The smallest absolute Gasteiger partial charge is 0.329 e. The predicted molar refractivity (Wildman–Crippen MR) is 95.8 cm³/mol. The van der Waals surface area contributed by atoms with E-state index in [0.29, 0.717) is 0 Å². The number of rotatable bonds is 10. The van der Waals surface area contributed by atoms with E-state index in [1.807, 2.05) is 0 Å². The van der Waals surface area contributed by atoms with Gasteiger partial charge in [0, 0.05) is 0 Å². The largest absolute Gasteiger partial charge is 0.480 e. The van der Waals surface area contributed by atoms with E-state index in [1.165, 1.54) is 0 Å². The number of hydrogen-bond donors (Lipinski definition) is 6. The third-order valence-corrected chi connectivity index (χ3v) is 3.16. The van der Waals surface area contributed by atoms with Crippen molar-refractivity contribution in [1.29, 1.82) is 0 Å². The zero-order chi connectivity index (χ0) is 19.6. The van der Waals surface area contributed by atoms with Gasteiger partial charge < -0.3 is 38.6 Å². The van der Waals surface area contributed by atoms with Crippen LogP contribution in [0.25, 0.3) is 0 Å². The Morgan fingerprint density at radius 2 is 1.00 bits per heavy atom. The predicted octanol–water partition coefficient (Wildman–Crippen LogP) is -0.436. The topological polar surface area (TPSA) is 210 Å². The first-order valence-electron chi connectivity index (χ1n) is 6.91. The lowest BCUT2D eigenvalue weighted by atomic mass is 9.95. The number of halogens is 6. The van der Waals surface area contributed by atoms with Crippen molar-refractivity contribution >= 4 is 36.8 Å². The van der Waals surface area contributed by atoms with E-state index in [1.54, 1.807) is 0 Å². The summed E-state index contributed by atoms with van der Waals surface area (Å²) in [6.45, 7) is 0.303. The fourth-order valence-corrected chi connectivity index (χ4v) is 1.41. The molecule has 15 heteroatoms. The lowest BCUT2D eigenvalue weighted by molar-refractivity contribution is -0.151. The van der Waals surface area contributed by atoms with Gasteiger partial charge in [-0.05, 0) is 38.8 Å². The van der Waals surface area contributed by atoms with E-state index in [-0.39, 0.29) is 69.1 Å². The molecule has 168 valence electrons. The van der Waals surface area contributed by atoms with Gasteiger partial charge in [0.25, 0.3) is 12.9 Å². The summed E-state index contributed by atoms with van der Waals surface area (Å²) in [5.41, 5.74) is 15.1. The van der Waals surface area contributed by atoms with Gasteiger partial charge in [-0.3, -0.25) is 0 Å². The minimum absolute atomic E-state index is 0. The molecule has 0 amide bonds. The van der Waals surface area contributed by atoms with Crippen LogP contribution in [0.15, 0.2) is 0 Å². The van der Waals surface area contributed by atoms with Crippen LogP contribution in [0.1, 0.15) is 25.7 Å². The molecule has 27 heavy (non-hydrogen) atoms. The van der Waals surface area contributed by atoms with Gasteiger partial charge in [0.15, 0.2) is 11.1 Å². The second kappa shape index (κ2) is 17.2. The molecule has 0 fully saturated rings. The fourth-order valence-electron chi connectivity index (χ4n) is 1.41. The van der Waals surface area contributed by atoms with Crippen LogP contribution in [0.5, 0.6) is 0 Å². The van der Waals surface area contributed by atoms with E-state index in [4.69, 9.17) is 33.1 Å². The van der Waals surface area contributed by atoms with E-state index in [9.17, 15) is 27.2 Å². The van der Waals surface area contributed by atoms with E-state index >= 15 is 0 Å². The minimum atomic E-state index is -3.07. The average Bonchev–Trinajstić information content (AvgIpc) is 2.49. The molecular weight excluding hydrogens is 427 g/mol. The van der Waals surface area contributed by atoms with Gasteiger partial charge in [-0.15, -0.1) is 24.8 Å². The molecule has 0 aromatic carbocycles. The summed E-state index contributed by atoms with van der Waals surface area (Å²) < 4.78 is 48.4. The minimum Gasteiger partial charge on any atom is -0.480 e. The highest BCUT2D eigenvalue weighted by Crippen LogP contribution is 2.19. The number of nitrogens with two attached hydrogens (primary N) is 4. The maximum atomic E-state index is 12.1. The molecule has 0 aromatic rings. The van der Waals surface area contributed by atoms with Crippen molar-refractivity contribution in [3.63, 3.8) is 0 Å². The molecule has 0 aliphatic carbocycles. The Labute approximate surface area is 165 Å². The first-order valence-corrected chi connectivity index (χ1v) is 6.91. The molecule has 0 saturated heterocycles. The summed E-state index contributed by atoms with van der Waals surface area (Å²) in [5.74, 6) is -3.38. The zero-order valence-electron chi connectivity index (χ0n) is 14.2. The zero-order valence-corrected chi connectivity index (χ0v) is 15.9. The summed E-state index contributed by atoms with van der Waals surface area (Å²) >= 11 is 0. The van der Waals surface area contributed by atoms with Gasteiger partial charge in [-0.2, -0.15) is 0 Å². The lowest BCUT2D eigenvalue weighted by Crippen LogP contribution is -2.54. The van der Waals surface area contributed by atoms with Crippen LogP contribution in [-0.2, 0) is 9.59 Å². The highest BCUT2D eigenvalue weighted by atomic mass is 35.5. The Bertz CT molecular complexity index is 380. The molecule has 0 radical (unpaired) electrons. The van der Waals surface area contributed by atoms with Crippen LogP contribution in [0.2, 0.25) is 0 Å². The standard InChI is InChI=1S/2C6H12F2N2O2.2ClH.H2O/c2*7-4(8)6(10,5(11)12)2-1-3-9;;;/h2*4H,1-3,9-10H2,(H,11,12);2*1H;1H2. The van der Waals surface area contributed by atoms with Crippen molar-refractivity contribution in [2.45, 2.75) is 49.6 Å². The highest BCUT2D eigenvalue weighted by Gasteiger charge is 2.43. The van der Waals surface area contributed by atoms with Gasteiger partial charge in [-0.1, -0.05) is 0 Å². The van der Waals surface area contributed by atoms with Crippen LogP contribution in [-0.4, -0.2) is 64.6 Å². The molecule has 0 spiro atoms. The molecule has 0 aliphatic rings. The van der Waals surface area contributed by atoms with E-state index in [0.717, 1.165) is 0 Å². The molecule has 0 bridgehead atoms. The molecule has 0 rings (SSSR count). The number of hydrogen-bond acceptors (Lipinski definition) is 6. The molecule has 0 aromatic heterocycles. The summed E-state index contributed by atoms with van der Waals surface area (Å²) in [4.78, 5) is 20.6. The maximum absolute atomic E-state index is 12.1. The highest BCUT2D eigenvalue weighted by molar-refractivity contribution is 5.85. The SMILES string of the molecule is Cl.Cl.NCCCC(N)(C(=O)O)C(F)F.NCCCC(N)(C(=O)O)C(F)F.O. The summed E-state index contributed by atoms with van der Waals surface area (Å²) in [6.07, 6.45) is -6.41. The van der Waals surface area contributed by atoms with Gasteiger partial charge in [0.1, 0.15) is 0 Å². The number of carboxylic acid groups (broad SMARTS) is 2. The fraction of sp³-hybridized carbons (Fsp3) is 0.833. The van der Waals surface area contributed by atoms with Crippen LogP contribution in [0.4, 0.5) is 17.6 Å². The normalized spacial score (nSPS) is 14.3. The van der Waals surface area contributed by atoms with Gasteiger partial charge in [0.2, 0.25) is 0 Å². The van der Waals surface area contributed by atoms with Crippen molar-refractivity contribution in [2.75, 3.05) is 13.1 Å². The van der Waals surface area contributed by atoms with Crippen molar-refractivity contribution in [2.24, 2.45) is 22.9 Å². The van der Waals surface area contributed by atoms with Crippen LogP contribution in [0, 0.1) is 0 Å². The first kappa shape index (κ1) is 36.9. The van der Waals surface area contributed by atoms with Gasteiger partial charge in [0.05, 0.1) is 0 Å². The number of carbonyl (C=O) groups is 2. The quantitative estimate of drug-likeness (QED) is 0.237. The second-order valence-electron chi connectivity index (χ2n) is 5.08. The molecule has 12 N–H and O–H groups in total. The van der Waals surface area contributed by atoms with Crippen LogP contribution < -0.4 is 22.9 Å². The second-order valence-corrected chi connectivity index (χ2v) is 5.08. The average molecular weight is 455 g/mol. The van der Waals surface area contributed by atoms with E-state index in [2.05, 4.69) is 0 Å². The van der Waals surface area contributed by atoms with Crippen molar-refractivity contribution in [3.8, 4) is 0 Å². The third-order valence-electron chi connectivity index (χ3n) is 3.16. The van der Waals surface area contributed by atoms with Gasteiger partial charge in [-0.25, -0.2) is 27.2 Å². The Balaban J connectivity index is -0.000000108. The Morgan fingerprint density at radius 3 is 1.11 bits per heavy atom. The van der Waals surface area contributed by atoms with E-state index < -0.39 is 35.9 Å². The monoisotopic (exact) mass is 454 g/mol. The maximum Gasteiger partial charge on any atom is 0.329 e. The van der Waals surface area contributed by atoms with Crippen molar-refractivity contribution in [3.05, 3.63) is 0 Å². The number of carboxylic acids is 2. The first-order chi connectivity index (χ1) is 10.9. The number of alkyl halides is 4. The van der Waals surface area contributed by atoms with Crippen molar-refractivity contribution < 1.29 is 42.8 Å². The number of aliphatic carboxylic acids is 2. The summed E-state index contributed by atoms with van der Waals surface area (Å²) in [6, 6.07) is 0. The molecule has 2 unspecified atom stereocenters. The summed E-state index contributed by atoms with van der Waals surface area (Å²) in [5, 5.41) is 16.8. The summed E-state index contributed by atoms with van der Waals surface area (Å²) in [7, 11) is 0. The van der Waals surface area contributed by atoms with Gasteiger partial charge >= 0.3 is 11.9 Å².